The molecule has 0 saturated carbocycles. The predicted octanol–water partition coefficient (Wildman–Crippen LogP) is 4.45. The third kappa shape index (κ3) is 5.84. The largest absolute Gasteiger partial charge is 0.496 e. The van der Waals surface area contributed by atoms with Crippen molar-refractivity contribution in [3.63, 3.8) is 0 Å². The minimum Gasteiger partial charge on any atom is -0.496 e. The van der Waals surface area contributed by atoms with Crippen molar-refractivity contribution < 1.29 is 14.3 Å². The van der Waals surface area contributed by atoms with E-state index in [2.05, 4.69) is 36.8 Å². The normalized spacial score (nSPS) is 18.1. The van der Waals surface area contributed by atoms with Gasteiger partial charge in [-0.2, -0.15) is 5.10 Å². The predicted molar refractivity (Wildman–Crippen MR) is 125 cm³/mol. The number of benzene rings is 2. The lowest BCUT2D eigenvalue weighted by atomic mass is 10.1. The molecule has 2 amide bonds. The van der Waals surface area contributed by atoms with Gasteiger partial charge < -0.3 is 15.4 Å². The van der Waals surface area contributed by atoms with Gasteiger partial charge in [0.2, 0.25) is 11.8 Å². The summed E-state index contributed by atoms with van der Waals surface area (Å²) in [6.45, 7) is 1.80. The molecule has 1 saturated heterocycles. The number of hydrogen-bond donors (Lipinski definition) is 2. The molecule has 1 atom stereocenters. The molecular weight excluding hydrogens is 492 g/mol. The second kappa shape index (κ2) is 10.1. The quantitative estimate of drug-likeness (QED) is 0.460. The summed E-state index contributed by atoms with van der Waals surface area (Å²) in [4.78, 5) is 24.6. The van der Waals surface area contributed by atoms with Gasteiger partial charge in [0.1, 0.15) is 11.0 Å². The van der Waals surface area contributed by atoms with Crippen molar-refractivity contribution in [3.05, 3.63) is 57.5 Å². The highest BCUT2D eigenvalue weighted by atomic mass is 79.9. The molecule has 0 unspecified atom stereocenters. The number of halogens is 2. The number of ether oxygens (including phenoxy) is 1. The number of carbonyl (C=O) groups excluding carboxylic acids is 2. The lowest BCUT2D eigenvalue weighted by molar-refractivity contribution is -0.123. The van der Waals surface area contributed by atoms with E-state index in [1.807, 2.05) is 18.2 Å². The summed E-state index contributed by atoms with van der Waals surface area (Å²) in [5, 5.41) is 14.0. The van der Waals surface area contributed by atoms with Gasteiger partial charge in [-0.05, 0) is 70.9 Å². The summed E-state index contributed by atoms with van der Waals surface area (Å²) in [5.41, 5.74) is 2.10. The minimum atomic E-state index is -0.612. The molecule has 30 heavy (non-hydrogen) atoms. The minimum absolute atomic E-state index is 0.0528. The van der Waals surface area contributed by atoms with E-state index in [1.165, 1.54) is 0 Å². The Hall–Kier alpha value is -2.36. The molecule has 1 fully saturated rings. The zero-order valence-corrected chi connectivity index (χ0v) is 19.3. The summed E-state index contributed by atoms with van der Waals surface area (Å²) in [5.74, 6) is 0.135. The van der Waals surface area contributed by atoms with Crippen LogP contribution < -0.4 is 15.4 Å². The molecule has 0 aromatic heterocycles. The van der Waals surface area contributed by atoms with E-state index >= 15 is 0 Å². The van der Waals surface area contributed by atoms with Crippen LogP contribution in [-0.2, 0) is 9.59 Å². The van der Waals surface area contributed by atoms with Crippen LogP contribution in [0.1, 0.15) is 18.9 Å². The van der Waals surface area contributed by atoms with Crippen LogP contribution >= 0.6 is 39.3 Å². The number of rotatable bonds is 5. The van der Waals surface area contributed by atoms with Crippen LogP contribution in [0.5, 0.6) is 5.75 Å². The Balaban J connectivity index is 1.71. The summed E-state index contributed by atoms with van der Waals surface area (Å²) >= 11 is 10.4. The molecule has 3 rings (SSSR count). The van der Waals surface area contributed by atoms with Crippen LogP contribution in [0.4, 0.5) is 5.69 Å². The number of thioether (sulfide) groups is 1. The van der Waals surface area contributed by atoms with Crippen molar-refractivity contribution in [2.45, 2.75) is 18.6 Å². The maximum absolute atomic E-state index is 12.5. The zero-order valence-electron chi connectivity index (χ0n) is 16.1. The van der Waals surface area contributed by atoms with Crippen LogP contribution in [0.25, 0.3) is 0 Å². The van der Waals surface area contributed by atoms with Crippen LogP contribution in [-0.4, -0.2) is 35.1 Å². The van der Waals surface area contributed by atoms with E-state index in [0.717, 1.165) is 21.8 Å². The summed E-state index contributed by atoms with van der Waals surface area (Å²) < 4.78 is 6.02. The molecule has 0 aliphatic carbocycles. The zero-order chi connectivity index (χ0) is 21.7. The number of nitrogens with zero attached hydrogens (tertiary/aromatic N) is 2. The van der Waals surface area contributed by atoms with Crippen LogP contribution in [0, 0.1) is 0 Å². The van der Waals surface area contributed by atoms with Gasteiger partial charge in [0, 0.05) is 17.1 Å². The Morgan fingerprint density at radius 1 is 1.30 bits per heavy atom. The van der Waals surface area contributed by atoms with Crippen LogP contribution in [0.15, 0.2) is 57.1 Å². The first-order valence-corrected chi connectivity index (χ1v) is 10.9. The number of amides is 2. The monoisotopic (exact) mass is 508 g/mol. The van der Waals surface area contributed by atoms with E-state index in [-0.39, 0.29) is 23.4 Å². The topological polar surface area (TPSA) is 92.2 Å². The molecule has 2 aromatic rings. The van der Waals surface area contributed by atoms with Crippen molar-refractivity contribution in [2.24, 2.45) is 10.2 Å². The Bertz CT molecular complexity index is 1030. The molecule has 7 nitrogen and oxygen atoms in total. The number of carbonyl (C=O) groups is 2. The van der Waals surface area contributed by atoms with E-state index in [1.54, 1.807) is 38.3 Å². The van der Waals surface area contributed by atoms with E-state index < -0.39 is 5.25 Å². The summed E-state index contributed by atoms with van der Waals surface area (Å²) in [6.07, 6.45) is 0.0528. The third-order valence-electron chi connectivity index (χ3n) is 4.14. The van der Waals surface area contributed by atoms with Gasteiger partial charge in [0.25, 0.3) is 0 Å². The van der Waals surface area contributed by atoms with Gasteiger partial charge in [0.05, 0.1) is 17.3 Å². The molecule has 156 valence electrons. The fourth-order valence-corrected chi connectivity index (χ4v) is 4.16. The van der Waals surface area contributed by atoms with E-state index in [4.69, 9.17) is 16.3 Å². The van der Waals surface area contributed by atoms with Gasteiger partial charge in [-0.25, -0.2) is 0 Å². The van der Waals surface area contributed by atoms with Crippen LogP contribution in [0.3, 0.4) is 0 Å². The molecule has 1 aliphatic rings. The highest BCUT2D eigenvalue weighted by Crippen LogP contribution is 2.26. The molecule has 10 heteroatoms. The Kier molecular flexibility index (Phi) is 7.52. The maximum atomic E-state index is 12.5. The smallest absolute Gasteiger partial charge is 0.238 e. The molecule has 1 aliphatic heterocycles. The highest BCUT2D eigenvalue weighted by Gasteiger charge is 2.30. The van der Waals surface area contributed by atoms with Gasteiger partial charge in [-0.3, -0.25) is 9.59 Å². The number of methoxy groups -OCH3 is 1. The molecule has 2 aromatic carbocycles. The first kappa shape index (κ1) is 22.3. The van der Waals surface area contributed by atoms with Crippen molar-refractivity contribution in [2.75, 3.05) is 12.4 Å². The Labute approximate surface area is 191 Å². The molecule has 0 radical (unpaired) electrons. The van der Waals surface area contributed by atoms with Gasteiger partial charge in [-0.1, -0.05) is 23.4 Å². The highest BCUT2D eigenvalue weighted by molar-refractivity contribution is 9.10. The molecule has 1 heterocycles. The first-order valence-electron chi connectivity index (χ1n) is 8.85. The van der Waals surface area contributed by atoms with Crippen molar-refractivity contribution in [1.82, 2.24) is 5.32 Å². The third-order valence-corrected chi connectivity index (χ3v) is 6.08. The Morgan fingerprint density at radius 3 is 2.70 bits per heavy atom. The lowest BCUT2D eigenvalue weighted by Crippen LogP contribution is -2.41. The fraction of sp³-hybridized carbons (Fsp3) is 0.200. The van der Waals surface area contributed by atoms with Gasteiger partial charge >= 0.3 is 0 Å². The van der Waals surface area contributed by atoms with Crippen molar-refractivity contribution >= 4 is 67.7 Å². The number of hydrogen-bond acceptors (Lipinski definition) is 6. The first-order chi connectivity index (χ1) is 14.4. The van der Waals surface area contributed by atoms with Crippen molar-refractivity contribution in [3.8, 4) is 5.75 Å². The summed E-state index contributed by atoms with van der Waals surface area (Å²) in [6, 6.07) is 12.3. The number of nitrogens with one attached hydrogen (secondary N) is 2. The Morgan fingerprint density at radius 2 is 2.03 bits per heavy atom. The second-order valence-electron chi connectivity index (χ2n) is 6.29. The molecule has 0 spiro atoms. The molecular formula is C20H18BrClN4O3S. The fourth-order valence-electron chi connectivity index (χ4n) is 2.56. The molecule has 0 bridgehead atoms. The lowest BCUT2D eigenvalue weighted by Gasteiger charge is -2.21. The average molecular weight is 510 g/mol. The second-order valence-corrected chi connectivity index (χ2v) is 8.78. The van der Waals surface area contributed by atoms with Gasteiger partial charge in [-0.15, -0.1) is 5.10 Å². The standard InChI is InChI=1S/C20H18BrClN4O3S/c1-11(12-3-8-16(29-2)15(21)9-12)25-26-20-24-18(27)10-17(30-20)19(28)23-14-6-4-13(22)5-7-14/h3-9,17H,10H2,1-2H3,(H,23,28)(H,24,26,27)/b25-11+/t17-/m1/s1. The van der Waals surface area contributed by atoms with Crippen molar-refractivity contribution in [1.29, 1.82) is 0 Å². The number of anilines is 1. The molecule has 2 N–H and O–H groups in total. The summed E-state index contributed by atoms with van der Waals surface area (Å²) in [7, 11) is 1.59. The van der Waals surface area contributed by atoms with Gasteiger partial charge in [0.15, 0.2) is 5.17 Å². The maximum Gasteiger partial charge on any atom is 0.238 e. The van der Waals surface area contributed by atoms with E-state index in [9.17, 15) is 9.59 Å². The average Bonchev–Trinajstić information content (AvgIpc) is 2.73. The SMILES string of the molecule is COc1ccc(/C(C)=N/N=C2/NC(=O)C[C@H](C(=O)Nc3ccc(Cl)cc3)S2)cc1Br. The van der Waals surface area contributed by atoms with Crippen LogP contribution in [0.2, 0.25) is 5.02 Å². The number of amidine groups is 1. The van der Waals surface area contributed by atoms with E-state index in [0.29, 0.717) is 22.2 Å².